The lowest BCUT2D eigenvalue weighted by atomic mass is 10.4. The maximum atomic E-state index is 5.45. The first-order chi connectivity index (χ1) is 10.2. The second kappa shape index (κ2) is 5.82. The lowest BCUT2D eigenvalue weighted by Crippen LogP contribution is -2.22. The van der Waals surface area contributed by atoms with Gasteiger partial charge in [0.15, 0.2) is 5.16 Å². The SMILES string of the molecule is Cc1nnc(Sc2nc(NN)nc(N3CCCC3)n2)n1C. The summed E-state index contributed by atoms with van der Waals surface area (Å²) in [6.07, 6.45) is 2.31. The molecule has 21 heavy (non-hydrogen) atoms. The van der Waals surface area contributed by atoms with Crippen LogP contribution < -0.4 is 16.2 Å². The standard InChI is InChI=1S/C11H17N9S/c1-7-17-18-11(19(7)2)21-10-14-8(16-12)13-9(15-10)20-5-3-4-6-20/h3-6,12H2,1-2H3,(H,13,14,15,16). The average molecular weight is 307 g/mol. The Labute approximate surface area is 126 Å². The number of nitrogens with zero attached hydrogens (tertiary/aromatic N) is 7. The summed E-state index contributed by atoms with van der Waals surface area (Å²) in [5, 5.41) is 9.41. The molecule has 2 aromatic heterocycles. The summed E-state index contributed by atoms with van der Waals surface area (Å²) in [5.74, 6) is 7.29. The molecule has 0 bridgehead atoms. The van der Waals surface area contributed by atoms with Crippen molar-refractivity contribution in [2.45, 2.75) is 30.1 Å². The first-order valence-corrected chi connectivity index (χ1v) is 7.50. The smallest absolute Gasteiger partial charge is 0.242 e. The van der Waals surface area contributed by atoms with Crippen molar-refractivity contribution in [3.63, 3.8) is 0 Å². The molecule has 0 amide bonds. The normalized spacial score (nSPS) is 14.7. The average Bonchev–Trinajstić information content (AvgIpc) is 3.13. The van der Waals surface area contributed by atoms with Gasteiger partial charge in [-0.25, -0.2) is 5.84 Å². The van der Waals surface area contributed by atoms with E-state index in [4.69, 9.17) is 5.84 Å². The van der Waals surface area contributed by atoms with Gasteiger partial charge in [0.25, 0.3) is 0 Å². The van der Waals surface area contributed by atoms with Crippen LogP contribution in [0.3, 0.4) is 0 Å². The first-order valence-electron chi connectivity index (χ1n) is 6.69. The minimum absolute atomic E-state index is 0.355. The van der Waals surface area contributed by atoms with Crippen molar-refractivity contribution in [2.24, 2.45) is 12.9 Å². The van der Waals surface area contributed by atoms with Crippen LogP contribution >= 0.6 is 11.8 Å². The molecule has 1 fully saturated rings. The van der Waals surface area contributed by atoms with E-state index in [1.54, 1.807) is 0 Å². The Balaban J connectivity index is 1.90. The monoisotopic (exact) mass is 307 g/mol. The molecule has 1 saturated heterocycles. The maximum absolute atomic E-state index is 5.45. The molecule has 0 aromatic carbocycles. The van der Waals surface area contributed by atoms with Gasteiger partial charge in [-0.15, -0.1) is 10.2 Å². The van der Waals surface area contributed by atoms with Gasteiger partial charge in [0.2, 0.25) is 17.1 Å². The van der Waals surface area contributed by atoms with Gasteiger partial charge in [0, 0.05) is 20.1 Å². The van der Waals surface area contributed by atoms with Crippen molar-refractivity contribution in [2.75, 3.05) is 23.4 Å². The van der Waals surface area contributed by atoms with E-state index in [0.717, 1.165) is 36.9 Å². The van der Waals surface area contributed by atoms with Gasteiger partial charge >= 0.3 is 0 Å². The van der Waals surface area contributed by atoms with Gasteiger partial charge in [-0.3, -0.25) is 5.43 Å². The van der Waals surface area contributed by atoms with E-state index in [1.807, 2.05) is 18.5 Å². The number of aryl methyl sites for hydroxylation is 1. The van der Waals surface area contributed by atoms with Gasteiger partial charge in [-0.2, -0.15) is 15.0 Å². The van der Waals surface area contributed by atoms with E-state index < -0.39 is 0 Å². The molecule has 3 rings (SSSR count). The summed E-state index contributed by atoms with van der Waals surface area (Å²) >= 11 is 1.34. The summed E-state index contributed by atoms with van der Waals surface area (Å²) in [6, 6.07) is 0. The summed E-state index contributed by atoms with van der Waals surface area (Å²) < 4.78 is 1.89. The van der Waals surface area contributed by atoms with E-state index >= 15 is 0 Å². The highest BCUT2D eigenvalue weighted by Gasteiger charge is 2.18. The van der Waals surface area contributed by atoms with Gasteiger partial charge in [0.1, 0.15) is 5.82 Å². The highest BCUT2D eigenvalue weighted by molar-refractivity contribution is 7.99. The zero-order valence-electron chi connectivity index (χ0n) is 11.9. The Hall–Kier alpha value is -1.94. The molecule has 9 nitrogen and oxygen atoms in total. The van der Waals surface area contributed by atoms with Crippen molar-refractivity contribution < 1.29 is 0 Å². The van der Waals surface area contributed by atoms with E-state index in [0.29, 0.717) is 17.1 Å². The summed E-state index contributed by atoms with van der Waals surface area (Å²) in [7, 11) is 1.91. The minimum Gasteiger partial charge on any atom is -0.341 e. The molecule has 0 saturated carbocycles. The molecule has 0 unspecified atom stereocenters. The van der Waals surface area contributed by atoms with Crippen LogP contribution in [-0.4, -0.2) is 42.8 Å². The molecular weight excluding hydrogens is 290 g/mol. The molecule has 3 heterocycles. The fourth-order valence-electron chi connectivity index (χ4n) is 2.07. The molecule has 0 radical (unpaired) electrons. The van der Waals surface area contributed by atoms with Gasteiger partial charge in [-0.1, -0.05) is 0 Å². The number of anilines is 2. The summed E-state index contributed by atoms with van der Waals surface area (Å²) in [6.45, 7) is 3.81. The predicted octanol–water partition coefficient (Wildman–Crippen LogP) is 0.346. The molecule has 10 heteroatoms. The van der Waals surface area contributed by atoms with Crippen LogP contribution in [0.4, 0.5) is 11.9 Å². The van der Waals surface area contributed by atoms with Gasteiger partial charge in [0.05, 0.1) is 0 Å². The number of aromatic nitrogens is 6. The number of nitrogens with one attached hydrogen (secondary N) is 1. The topological polar surface area (TPSA) is 111 Å². The lowest BCUT2D eigenvalue weighted by molar-refractivity contribution is 0.759. The summed E-state index contributed by atoms with van der Waals surface area (Å²) in [4.78, 5) is 15.2. The summed E-state index contributed by atoms with van der Waals surface area (Å²) in [5.41, 5.74) is 2.49. The number of nitrogen functional groups attached to an aromatic ring is 1. The molecule has 112 valence electrons. The van der Waals surface area contributed by atoms with Crippen molar-refractivity contribution in [1.29, 1.82) is 0 Å². The van der Waals surface area contributed by atoms with Crippen LogP contribution in [0, 0.1) is 6.92 Å². The van der Waals surface area contributed by atoms with Crippen LogP contribution in [0.5, 0.6) is 0 Å². The molecule has 0 atom stereocenters. The zero-order valence-corrected chi connectivity index (χ0v) is 12.8. The van der Waals surface area contributed by atoms with Crippen molar-refractivity contribution >= 4 is 23.7 Å². The van der Waals surface area contributed by atoms with Crippen LogP contribution in [-0.2, 0) is 7.05 Å². The zero-order chi connectivity index (χ0) is 14.8. The predicted molar refractivity (Wildman–Crippen MR) is 78.9 cm³/mol. The van der Waals surface area contributed by atoms with Crippen molar-refractivity contribution in [3.05, 3.63) is 5.82 Å². The molecule has 0 aliphatic carbocycles. The second-order valence-electron chi connectivity index (χ2n) is 4.77. The third kappa shape index (κ3) is 2.90. The number of hydrazine groups is 1. The molecule has 0 spiro atoms. The highest BCUT2D eigenvalue weighted by Crippen LogP contribution is 2.26. The van der Waals surface area contributed by atoms with E-state index in [1.165, 1.54) is 11.8 Å². The second-order valence-corrected chi connectivity index (χ2v) is 5.71. The van der Waals surface area contributed by atoms with E-state index in [9.17, 15) is 0 Å². The van der Waals surface area contributed by atoms with Crippen LogP contribution in [0.25, 0.3) is 0 Å². The van der Waals surface area contributed by atoms with Crippen molar-refractivity contribution in [3.8, 4) is 0 Å². The molecule has 1 aliphatic heterocycles. The van der Waals surface area contributed by atoms with Crippen molar-refractivity contribution in [1.82, 2.24) is 29.7 Å². The van der Waals surface area contributed by atoms with Gasteiger partial charge < -0.3 is 9.47 Å². The minimum atomic E-state index is 0.355. The molecular formula is C11H17N9S. The fourth-order valence-corrected chi connectivity index (χ4v) is 2.85. The van der Waals surface area contributed by atoms with E-state index in [2.05, 4.69) is 35.5 Å². The van der Waals surface area contributed by atoms with E-state index in [-0.39, 0.29) is 0 Å². The number of rotatable bonds is 4. The molecule has 3 N–H and O–H groups in total. The molecule has 2 aromatic rings. The Morgan fingerprint density at radius 3 is 2.52 bits per heavy atom. The number of nitrogens with two attached hydrogens (primary N) is 1. The lowest BCUT2D eigenvalue weighted by Gasteiger charge is -2.15. The highest BCUT2D eigenvalue weighted by atomic mass is 32.2. The van der Waals surface area contributed by atoms with Crippen LogP contribution in [0.1, 0.15) is 18.7 Å². The van der Waals surface area contributed by atoms with Crippen LogP contribution in [0.15, 0.2) is 10.3 Å². The first kappa shape index (κ1) is 14.0. The Morgan fingerprint density at radius 2 is 1.90 bits per heavy atom. The third-order valence-corrected chi connectivity index (χ3v) is 4.26. The number of hydrogen-bond acceptors (Lipinski definition) is 9. The largest absolute Gasteiger partial charge is 0.341 e. The third-order valence-electron chi connectivity index (χ3n) is 3.36. The Kier molecular flexibility index (Phi) is 3.88. The van der Waals surface area contributed by atoms with Gasteiger partial charge in [-0.05, 0) is 31.5 Å². The fraction of sp³-hybridized carbons (Fsp3) is 0.545. The molecule has 1 aliphatic rings. The van der Waals surface area contributed by atoms with Crippen LogP contribution in [0.2, 0.25) is 0 Å². The quantitative estimate of drug-likeness (QED) is 0.610. The Morgan fingerprint density at radius 1 is 1.14 bits per heavy atom. The maximum Gasteiger partial charge on any atom is 0.242 e. The Bertz CT molecular complexity index is 635. The number of hydrogen-bond donors (Lipinski definition) is 2.